The number of methoxy groups -OCH3 is 1. The van der Waals surface area contributed by atoms with Crippen molar-refractivity contribution in [2.24, 2.45) is 11.8 Å². The summed E-state index contributed by atoms with van der Waals surface area (Å²) >= 11 is 0. The molecule has 1 aliphatic rings. The van der Waals surface area contributed by atoms with Gasteiger partial charge in [0.25, 0.3) is 5.91 Å². The molecule has 27 heavy (non-hydrogen) atoms. The molecule has 1 aromatic carbocycles. The number of fused-ring (bicyclic) bond motifs is 1. The average Bonchev–Trinajstić information content (AvgIpc) is 3.10. The first kappa shape index (κ1) is 17.6. The Hall–Kier alpha value is -2.82. The molecular formula is C22H25N3O2. The molecule has 0 aliphatic carbocycles. The minimum absolute atomic E-state index is 0.0833. The molecule has 5 nitrogen and oxygen atoms in total. The number of amides is 1. The highest BCUT2D eigenvalue weighted by atomic mass is 16.5. The van der Waals surface area contributed by atoms with Gasteiger partial charge in [-0.25, -0.2) is 4.98 Å². The summed E-state index contributed by atoms with van der Waals surface area (Å²) in [5.41, 5.74) is 2.52. The minimum Gasteiger partial charge on any atom is -0.497 e. The van der Waals surface area contributed by atoms with Crippen molar-refractivity contribution in [1.29, 1.82) is 0 Å². The fourth-order valence-corrected chi connectivity index (χ4v) is 4.10. The highest BCUT2D eigenvalue weighted by Gasteiger charge is 2.26. The molecule has 0 spiro atoms. The fourth-order valence-electron chi connectivity index (χ4n) is 4.10. The van der Waals surface area contributed by atoms with Crippen LogP contribution in [0.3, 0.4) is 0 Å². The number of hydrogen-bond acceptors (Lipinski definition) is 3. The number of carbonyl (C=O) groups excluding carboxylic acids is 1. The van der Waals surface area contributed by atoms with Crippen molar-refractivity contribution in [1.82, 2.24) is 14.5 Å². The SMILES string of the molecule is COc1ccc(-n2ccc3cc(C(=O)N4CC(C)CC(C)C4)cnc32)cc1. The van der Waals surface area contributed by atoms with Crippen molar-refractivity contribution in [3.8, 4) is 11.4 Å². The Morgan fingerprint density at radius 1 is 1.11 bits per heavy atom. The van der Waals surface area contributed by atoms with E-state index in [0.717, 1.165) is 35.6 Å². The van der Waals surface area contributed by atoms with Crippen molar-refractivity contribution < 1.29 is 9.53 Å². The summed E-state index contributed by atoms with van der Waals surface area (Å²) in [5.74, 6) is 2.00. The van der Waals surface area contributed by atoms with E-state index in [1.54, 1.807) is 13.3 Å². The summed E-state index contributed by atoms with van der Waals surface area (Å²) in [6.07, 6.45) is 4.87. The summed E-state index contributed by atoms with van der Waals surface area (Å²) in [6.45, 7) is 6.08. The first-order chi connectivity index (χ1) is 13.0. The van der Waals surface area contributed by atoms with E-state index in [1.807, 2.05) is 52.1 Å². The lowest BCUT2D eigenvalue weighted by Gasteiger charge is -2.35. The highest BCUT2D eigenvalue weighted by molar-refractivity contribution is 5.97. The van der Waals surface area contributed by atoms with E-state index < -0.39 is 0 Å². The number of carbonyl (C=O) groups is 1. The largest absolute Gasteiger partial charge is 0.497 e. The molecule has 0 bridgehead atoms. The van der Waals surface area contributed by atoms with Gasteiger partial charge in [0.2, 0.25) is 0 Å². The second-order valence-electron chi connectivity index (χ2n) is 7.68. The Morgan fingerprint density at radius 2 is 1.81 bits per heavy atom. The van der Waals surface area contributed by atoms with Crippen molar-refractivity contribution in [2.45, 2.75) is 20.3 Å². The van der Waals surface area contributed by atoms with Gasteiger partial charge >= 0.3 is 0 Å². The molecular weight excluding hydrogens is 338 g/mol. The number of pyridine rings is 1. The van der Waals surface area contributed by atoms with E-state index in [9.17, 15) is 4.79 Å². The second kappa shape index (κ2) is 7.06. The first-order valence-corrected chi connectivity index (χ1v) is 9.46. The van der Waals surface area contributed by atoms with E-state index in [4.69, 9.17) is 4.74 Å². The van der Waals surface area contributed by atoms with Gasteiger partial charge in [-0.2, -0.15) is 0 Å². The van der Waals surface area contributed by atoms with Crippen LogP contribution in [0, 0.1) is 11.8 Å². The topological polar surface area (TPSA) is 47.4 Å². The monoisotopic (exact) mass is 363 g/mol. The Labute approximate surface area is 159 Å². The maximum absolute atomic E-state index is 12.9. The van der Waals surface area contributed by atoms with Crippen LogP contribution >= 0.6 is 0 Å². The summed E-state index contributed by atoms with van der Waals surface area (Å²) < 4.78 is 7.24. The number of ether oxygens (including phenoxy) is 1. The standard InChI is InChI=1S/C22H25N3O2/c1-15-10-16(2)14-24(13-15)22(26)18-11-17-8-9-25(21(17)23-12-18)19-4-6-20(27-3)7-5-19/h4-9,11-12,15-16H,10,13-14H2,1-3H3. The molecule has 1 saturated heterocycles. The smallest absolute Gasteiger partial charge is 0.255 e. The van der Waals surface area contributed by atoms with Crippen LogP contribution in [0.1, 0.15) is 30.6 Å². The third kappa shape index (κ3) is 3.42. The molecule has 1 amide bonds. The Bertz CT molecular complexity index is 951. The lowest BCUT2D eigenvalue weighted by atomic mass is 9.91. The number of hydrogen-bond donors (Lipinski definition) is 0. The lowest BCUT2D eigenvalue weighted by Crippen LogP contribution is -2.42. The zero-order valence-corrected chi connectivity index (χ0v) is 16.1. The van der Waals surface area contributed by atoms with Crippen LogP contribution < -0.4 is 4.74 Å². The molecule has 2 atom stereocenters. The molecule has 2 aromatic heterocycles. The summed E-state index contributed by atoms with van der Waals surface area (Å²) in [7, 11) is 1.66. The van der Waals surface area contributed by atoms with Crippen LogP contribution in [0.15, 0.2) is 48.8 Å². The molecule has 140 valence electrons. The molecule has 1 aliphatic heterocycles. The number of nitrogens with zero attached hydrogens (tertiary/aromatic N) is 3. The molecule has 0 N–H and O–H groups in total. The van der Waals surface area contributed by atoms with Crippen LogP contribution in [0.2, 0.25) is 0 Å². The normalized spacial score (nSPS) is 20.0. The van der Waals surface area contributed by atoms with E-state index in [1.165, 1.54) is 6.42 Å². The van der Waals surface area contributed by atoms with Gasteiger partial charge in [0.15, 0.2) is 0 Å². The van der Waals surface area contributed by atoms with E-state index in [0.29, 0.717) is 17.4 Å². The summed E-state index contributed by atoms with van der Waals surface area (Å²) in [6, 6.07) is 11.8. The van der Waals surface area contributed by atoms with E-state index in [-0.39, 0.29) is 5.91 Å². The summed E-state index contributed by atoms with van der Waals surface area (Å²) in [4.78, 5) is 19.5. The third-order valence-electron chi connectivity index (χ3n) is 5.28. The number of aromatic nitrogens is 2. The number of rotatable bonds is 3. The predicted octanol–water partition coefficient (Wildman–Crippen LogP) is 4.15. The van der Waals surface area contributed by atoms with Gasteiger partial charge in [0, 0.05) is 36.6 Å². The number of piperidine rings is 1. The highest BCUT2D eigenvalue weighted by Crippen LogP contribution is 2.25. The Kier molecular flexibility index (Phi) is 4.60. The van der Waals surface area contributed by atoms with Gasteiger partial charge in [0.05, 0.1) is 12.7 Å². The van der Waals surface area contributed by atoms with Gasteiger partial charge in [-0.1, -0.05) is 13.8 Å². The molecule has 1 fully saturated rings. The molecule has 3 aromatic rings. The minimum atomic E-state index is 0.0833. The van der Waals surface area contributed by atoms with Gasteiger partial charge in [-0.15, -0.1) is 0 Å². The summed E-state index contributed by atoms with van der Waals surface area (Å²) in [5, 5.41) is 0.967. The van der Waals surface area contributed by atoms with Crippen molar-refractivity contribution in [3.05, 3.63) is 54.4 Å². The lowest BCUT2D eigenvalue weighted by molar-refractivity contribution is 0.0623. The maximum atomic E-state index is 12.9. The van der Waals surface area contributed by atoms with Gasteiger partial charge in [-0.3, -0.25) is 4.79 Å². The van der Waals surface area contributed by atoms with Crippen LogP contribution in [0.5, 0.6) is 5.75 Å². The molecule has 5 heteroatoms. The van der Waals surface area contributed by atoms with Crippen LogP contribution in [0.4, 0.5) is 0 Å². The zero-order valence-electron chi connectivity index (χ0n) is 16.1. The van der Waals surface area contributed by atoms with E-state index >= 15 is 0 Å². The van der Waals surface area contributed by atoms with Crippen LogP contribution in [-0.4, -0.2) is 40.6 Å². The molecule has 0 radical (unpaired) electrons. The quantitative estimate of drug-likeness (QED) is 0.702. The van der Waals surface area contributed by atoms with E-state index in [2.05, 4.69) is 18.8 Å². The third-order valence-corrected chi connectivity index (χ3v) is 5.28. The molecule has 2 unspecified atom stereocenters. The molecule has 0 saturated carbocycles. The average molecular weight is 363 g/mol. The van der Waals surface area contributed by atoms with Gasteiger partial charge < -0.3 is 14.2 Å². The van der Waals surface area contributed by atoms with Crippen molar-refractivity contribution in [3.63, 3.8) is 0 Å². The zero-order chi connectivity index (χ0) is 19.0. The van der Waals surface area contributed by atoms with Gasteiger partial charge in [0.1, 0.15) is 11.4 Å². The Morgan fingerprint density at radius 3 is 2.48 bits per heavy atom. The predicted molar refractivity (Wildman–Crippen MR) is 106 cm³/mol. The van der Waals surface area contributed by atoms with Crippen LogP contribution in [-0.2, 0) is 0 Å². The van der Waals surface area contributed by atoms with Crippen LogP contribution in [0.25, 0.3) is 16.7 Å². The van der Waals surface area contributed by atoms with Gasteiger partial charge in [-0.05, 0) is 54.7 Å². The second-order valence-corrected chi connectivity index (χ2v) is 7.68. The maximum Gasteiger partial charge on any atom is 0.255 e. The van der Waals surface area contributed by atoms with Crippen molar-refractivity contribution >= 4 is 16.9 Å². The Balaban J connectivity index is 1.62. The first-order valence-electron chi connectivity index (χ1n) is 9.46. The fraction of sp³-hybridized carbons (Fsp3) is 0.364. The number of likely N-dealkylation sites (tertiary alicyclic amines) is 1. The van der Waals surface area contributed by atoms with Crippen molar-refractivity contribution in [2.75, 3.05) is 20.2 Å². The molecule has 3 heterocycles. The molecule has 4 rings (SSSR count). The number of benzene rings is 1.